The summed E-state index contributed by atoms with van der Waals surface area (Å²) in [6.07, 6.45) is 0. The molecule has 0 aliphatic rings. The molecule has 0 radical (unpaired) electrons. The molecule has 0 bridgehead atoms. The second kappa shape index (κ2) is 7.97. The Labute approximate surface area is 149 Å². The Bertz CT molecular complexity index is 716. The number of amides is 2. The lowest BCUT2D eigenvalue weighted by molar-refractivity contribution is -0.117. The van der Waals surface area contributed by atoms with Gasteiger partial charge in [0.15, 0.2) is 0 Å². The van der Waals surface area contributed by atoms with Gasteiger partial charge >= 0.3 is 0 Å². The highest BCUT2D eigenvalue weighted by molar-refractivity contribution is 6.00. The van der Waals surface area contributed by atoms with Crippen LogP contribution < -0.4 is 10.2 Å². The van der Waals surface area contributed by atoms with Gasteiger partial charge in [0.1, 0.15) is 0 Å². The highest BCUT2D eigenvalue weighted by Gasteiger charge is 2.16. The molecule has 2 aromatic rings. The van der Waals surface area contributed by atoms with Crippen LogP contribution in [0.25, 0.3) is 0 Å². The quantitative estimate of drug-likeness (QED) is 0.902. The molecule has 0 saturated carbocycles. The number of carbonyl (C=O) groups excluding carboxylic acids is 2. The van der Waals surface area contributed by atoms with E-state index in [0.717, 1.165) is 5.69 Å². The van der Waals surface area contributed by atoms with Crippen LogP contribution in [0.4, 0.5) is 5.69 Å². The molecule has 2 amide bonds. The van der Waals surface area contributed by atoms with Crippen molar-refractivity contribution in [2.24, 2.45) is 0 Å². The molecular weight excluding hydrogens is 312 g/mol. The van der Waals surface area contributed by atoms with Crippen LogP contribution in [-0.4, -0.2) is 24.9 Å². The summed E-state index contributed by atoms with van der Waals surface area (Å²) in [5, 5.41) is 2.71. The van der Waals surface area contributed by atoms with Crippen LogP contribution in [-0.2, 0) is 10.2 Å². The van der Waals surface area contributed by atoms with E-state index in [2.05, 4.69) is 26.1 Å². The fraction of sp³-hybridized carbons (Fsp3) is 0.333. The van der Waals surface area contributed by atoms with Crippen molar-refractivity contribution in [3.63, 3.8) is 0 Å². The highest BCUT2D eigenvalue weighted by Crippen LogP contribution is 2.22. The number of benzene rings is 2. The van der Waals surface area contributed by atoms with Crippen molar-refractivity contribution in [2.45, 2.75) is 33.1 Å². The fourth-order valence-electron chi connectivity index (χ4n) is 2.59. The summed E-state index contributed by atoms with van der Waals surface area (Å²) in [6.45, 7) is 8.83. The van der Waals surface area contributed by atoms with Crippen LogP contribution in [0.1, 0.15) is 43.6 Å². The molecule has 0 saturated heterocycles. The molecule has 0 unspecified atom stereocenters. The molecule has 0 spiro atoms. The molecular formula is C21H26N2O2. The van der Waals surface area contributed by atoms with E-state index in [9.17, 15) is 9.59 Å². The monoisotopic (exact) mass is 338 g/mol. The van der Waals surface area contributed by atoms with E-state index in [0.29, 0.717) is 12.1 Å². The highest BCUT2D eigenvalue weighted by atomic mass is 16.2. The van der Waals surface area contributed by atoms with Crippen LogP contribution in [0.5, 0.6) is 0 Å². The first kappa shape index (κ1) is 18.7. The number of hydrogen-bond donors (Lipinski definition) is 1. The number of hydrogen-bond acceptors (Lipinski definition) is 2. The van der Waals surface area contributed by atoms with Gasteiger partial charge < -0.3 is 10.2 Å². The molecule has 0 aliphatic heterocycles. The van der Waals surface area contributed by atoms with Crippen molar-refractivity contribution in [1.82, 2.24) is 5.32 Å². The fourth-order valence-corrected chi connectivity index (χ4v) is 2.59. The second-order valence-electron chi connectivity index (χ2n) is 6.98. The molecule has 0 fully saturated rings. The Balaban J connectivity index is 1.98. The van der Waals surface area contributed by atoms with E-state index in [1.54, 1.807) is 17.0 Å². The van der Waals surface area contributed by atoms with E-state index >= 15 is 0 Å². The zero-order valence-corrected chi connectivity index (χ0v) is 15.4. The number of para-hydroxylation sites is 1. The van der Waals surface area contributed by atoms with Gasteiger partial charge in [-0.1, -0.05) is 51.1 Å². The van der Waals surface area contributed by atoms with Crippen molar-refractivity contribution in [2.75, 3.05) is 18.0 Å². The van der Waals surface area contributed by atoms with Gasteiger partial charge in [0.2, 0.25) is 5.91 Å². The second-order valence-corrected chi connectivity index (χ2v) is 6.98. The smallest absolute Gasteiger partial charge is 0.251 e. The maximum absolute atomic E-state index is 12.4. The zero-order valence-electron chi connectivity index (χ0n) is 15.4. The van der Waals surface area contributed by atoms with Crippen molar-refractivity contribution in [3.05, 3.63) is 65.7 Å². The van der Waals surface area contributed by atoms with Crippen LogP contribution in [0.2, 0.25) is 0 Å². The maximum Gasteiger partial charge on any atom is 0.251 e. The third-order valence-electron chi connectivity index (χ3n) is 4.10. The van der Waals surface area contributed by atoms with Crippen LogP contribution in [0, 0.1) is 0 Å². The van der Waals surface area contributed by atoms with Gasteiger partial charge in [-0.25, -0.2) is 0 Å². The van der Waals surface area contributed by atoms with E-state index in [4.69, 9.17) is 0 Å². The lowest BCUT2D eigenvalue weighted by atomic mass is 9.87. The zero-order chi connectivity index (χ0) is 18.4. The predicted octanol–water partition coefficient (Wildman–Crippen LogP) is 3.77. The molecule has 25 heavy (non-hydrogen) atoms. The molecule has 0 aromatic heterocycles. The van der Waals surface area contributed by atoms with Gasteiger partial charge in [-0.15, -0.1) is 0 Å². The van der Waals surface area contributed by atoms with Crippen LogP contribution in [0.3, 0.4) is 0 Å². The van der Waals surface area contributed by atoms with Gasteiger partial charge in [0, 0.05) is 17.8 Å². The SMILES string of the molecule is CCN(C(=O)CNC(=O)c1ccc(C(C)(C)C)cc1)c1ccccc1. The van der Waals surface area contributed by atoms with E-state index in [1.807, 2.05) is 49.4 Å². The molecule has 4 nitrogen and oxygen atoms in total. The third kappa shape index (κ3) is 4.92. The Kier molecular flexibility index (Phi) is 5.97. The number of carbonyl (C=O) groups is 2. The lowest BCUT2D eigenvalue weighted by Crippen LogP contribution is -2.40. The Morgan fingerprint density at radius 3 is 2.08 bits per heavy atom. The van der Waals surface area contributed by atoms with Crippen molar-refractivity contribution in [3.8, 4) is 0 Å². The maximum atomic E-state index is 12.4. The minimum Gasteiger partial charge on any atom is -0.343 e. The number of nitrogens with zero attached hydrogens (tertiary/aromatic N) is 1. The molecule has 0 aliphatic carbocycles. The van der Waals surface area contributed by atoms with E-state index in [1.165, 1.54) is 5.56 Å². The third-order valence-corrected chi connectivity index (χ3v) is 4.10. The summed E-state index contributed by atoms with van der Waals surface area (Å²) in [4.78, 5) is 26.3. The van der Waals surface area contributed by atoms with Crippen LogP contribution >= 0.6 is 0 Å². The number of rotatable bonds is 5. The summed E-state index contributed by atoms with van der Waals surface area (Å²) in [7, 11) is 0. The first-order chi connectivity index (χ1) is 11.8. The number of likely N-dealkylation sites (N-methyl/N-ethyl adjacent to an activating group) is 1. The number of anilines is 1. The average molecular weight is 338 g/mol. The number of nitrogens with one attached hydrogen (secondary N) is 1. The van der Waals surface area contributed by atoms with Crippen molar-refractivity contribution >= 4 is 17.5 Å². The Morgan fingerprint density at radius 2 is 1.56 bits per heavy atom. The average Bonchev–Trinajstić information content (AvgIpc) is 2.60. The normalized spacial score (nSPS) is 11.0. The summed E-state index contributed by atoms with van der Waals surface area (Å²) in [6, 6.07) is 17.0. The summed E-state index contributed by atoms with van der Waals surface area (Å²) in [5.74, 6) is -0.369. The first-order valence-electron chi connectivity index (χ1n) is 8.57. The first-order valence-corrected chi connectivity index (χ1v) is 8.57. The minimum absolute atomic E-state index is 0.0252. The predicted molar refractivity (Wildman–Crippen MR) is 102 cm³/mol. The Hall–Kier alpha value is -2.62. The summed E-state index contributed by atoms with van der Waals surface area (Å²) in [5.41, 5.74) is 2.60. The van der Waals surface area contributed by atoms with Gasteiger partial charge in [-0.2, -0.15) is 0 Å². The van der Waals surface area contributed by atoms with Gasteiger partial charge in [-0.05, 0) is 42.2 Å². The lowest BCUT2D eigenvalue weighted by Gasteiger charge is -2.21. The van der Waals surface area contributed by atoms with Crippen molar-refractivity contribution in [1.29, 1.82) is 0 Å². The summed E-state index contributed by atoms with van der Waals surface area (Å²) < 4.78 is 0. The van der Waals surface area contributed by atoms with Crippen LogP contribution in [0.15, 0.2) is 54.6 Å². The molecule has 0 heterocycles. The standard InChI is InChI=1S/C21H26N2O2/c1-5-23(18-9-7-6-8-10-18)19(24)15-22-20(25)16-11-13-17(14-12-16)21(2,3)4/h6-14H,5,15H2,1-4H3,(H,22,25). The van der Waals surface area contributed by atoms with Gasteiger partial charge in [-0.3, -0.25) is 9.59 Å². The van der Waals surface area contributed by atoms with E-state index < -0.39 is 0 Å². The molecule has 2 aromatic carbocycles. The minimum atomic E-state index is -0.238. The Morgan fingerprint density at radius 1 is 0.960 bits per heavy atom. The molecule has 132 valence electrons. The van der Waals surface area contributed by atoms with E-state index in [-0.39, 0.29) is 23.8 Å². The van der Waals surface area contributed by atoms with Crippen molar-refractivity contribution < 1.29 is 9.59 Å². The topological polar surface area (TPSA) is 49.4 Å². The molecule has 0 atom stereocenters. The molecule has 2 rings (SSSR count). The van der Waals surface area contributed by atoms with Gasteiger partial charge in [0.05, 0.1) is 6.54 Å². The van der Waals surface area contributed by atoms with Gasteiger partial charge in [0.25, 0.3) is 5.91 Å². The molecule has 4 heteroatoms. The summed E-state index contributed by atoms with van der Waals surface area (Å²) >= 11 is 0. The molecule has 1 N–H and O–H groups in total. The largest absolute Gasteiger partial charge is 0.343 e.